The van der Waals surface area contributed by atoms with Gasteiger partial charge in [0, 0.05) is 13.2 Å². The van der Waals surface area contributed by atoms with Crippen molar-refractivity contribution in [3.8, 4) is 0 Å². The summed E-state index contributed by atoms with van der Waals surface area (Å²) in [5.74, 6) is 0.724. The maximum atomic E-state index is 5.76. The van der Waals surface area contributed by atoms with Crippen LogP contribution in [0.3, 0.4) is 0 Å². The van der Waals surface area contributed by atoms with Crippen molar-refractivity contribution < 1.29 is 4.74 Å². The van der Waals surface area contributed by atoms with Gasteiger partial charge in [0.15, 0.2) is 0 Å². The number of hydrogen-bond acceptors (Lipinski definition) is 2. The van der Waals surface area contributed by atoms with Crippen molar-refractivity contribution in [3.05, 3.63) is 0 Å². The van der Waals surface area contributed by atoms with Gasteiger partial charge >= 0.3 is 0 Å². The Morgan fingerprint density at radius 1 is 1.06 bits per heavy atom. The molecule has 98 valence electrons. The van der Waals surface area contributed by atoms with Gasteiger partial charge in [-0.25, -0.2) is 0 Å². The smallest absolute Gasteiger partial charge is 0.0598 e. The molecule has 16 heavy (non-hydrogen) atoms. The highest BCUT2D eigenvalue weighted by Gasteiger charge is 2.19. The predicted octanol–water partition coefficient (Wildman–Crippen LogP) is 3.46. The Kier molecular flexibility index (Phi) is 6.57. The molecule has 0 aliphatic carbocycles. The summed E-state index contributed by atoms with van der Waals surface area (Å²) in [6.45, 7) is 18.4. The van der Waals surface area contributed by atoms with Crippen LogP contribution in [0, 0.1) is 11.3 Å². The van der Waals surface area contributed by atoms with Crippen LogP contribution in [-0.4, -0.2) is 25.3 Å². The summed E-state index contributed by atoms with van der Waals surface area (Å²) in [5, 5.41) is 3.52. The van der Waals surface area contributed by atoms with Gasteiger partial charge in [0.25, 0.3) is 0 Å². The lowest BCUT2D eigenvalue weighted by Gasteiger charge is -2.28. The largest absolute Gasteiger partial charge is 0.376 e. The zero-order valence-electron chi connectivity index (χ0n) is 12.3. The number of rotatable bonds is 7. The van der Waals surface area contributed by atoms with Gasteiger partial charge in [0.2, 0.25) is 0 Å². The highest BCUT2D eigenvalue weighted by molar-refractivity contribution is 4.72. The molecule has 0 aromatic rings. The fraction of sp³-hybridized carbons (Fsp3) is 1.00. The lowest BCUT2D eigenvalue weighted by atomic mass is 9.89. The van der Waals surface area contributed by atoms with E-state index in [0.717, 1.165) is 32.0 Å². The topological polar surface area (TPSA) is 21.3 Å². The van der Waals surface area contributed by atoms with Crippen molar-refractivity contribution in [2.75, 3.05) is 19.7 Å². The van der Waals surface area contributed by atoms with Gasteiger partial charge in [-0.15, -0.1) is 0 Å². The minimum Gasteiger partial charge on any atom is -0.376 e. The Morgan fingerprint density at radius 3 is 2.06 bits per heavy atom. The van der Waals surface area contributed by atoms with Crippen molar-refractivity contribution >= 4 is 0 Å². The van der Waals surface area contributed by atoms with E-state index < -0.39 is 0 Å². The van der Waals surface area contributed by atoms with Crippen molar-refractivity contribution in [2.45, 2.75) is 60.5 Å². The van der Waals surface area contributed by atoms with E-state index in [0.29, 0.717) is 5.41 Å². The zero-order valence-corrected chi connectivity index (χ0v) is 12.3. The van der Waals surface area contributed by atoms with Crippen molar-refractivity contribution in [1.82, 2.24) is 5.32 Å². The zero-order chi connectivity index (χ0) is 12.8. The Hall–Kier alpha value is -0.0800. The molecule has 0 aliphatic rings. The third kappa shape index (κ3) is 10.4. The summed E-state index contributed by atoms with van der Waals surface area (Å²) in [6.07, 6.45) is 1.11. The van der Waals surface area contributed by atoms with Gasteiger partial charge in [-0.05, 0) is 45.1 Å². The van der Waals surface area contributed by atoms with Gasteiger partial charge in [0.1, 0.15) is 0 Å². The molecule has 2 nitrogen and oxygen atoms in total. The standard InChI is InChI=1S/C14H31NO/c1-12(2)10-15-11-14(6,7)8-9-16-13(3,4)5/h12,15H,8-11H2,1-7H3. The maximum absolute atomic E-state index is 5.76. The van der Waals surface area contributed by atoms with Crippen LogP contribution in [0.15, 0.2) is 0 Å². The first kappa shape index (κ1) is 15.9. The Balaban J connectivity index is 3.70. The molecule has 0 fully saturated rings. The summed E-state index contributed by atoms with van der Waals surface area (Å²) < 4.78 is 5.76. The quantitative estimate of drug-likeness (QED) is 0.722. The summed E-state index contributed by atoms with van der Waals surface area (Å²) >= 11 is 0. The molecular formula is C14H31NO. The fourth-order valence-electron chi connectivity index (χ4n) is 1.42. The third-order valence-electron chi connectivity index (χ3n) is 2.47. The number of ether oxygens (including phenoxy) is 1. The van der Waals surface area contributed by atoms with E-state index in [2.05, 4.69) is 53.8 Å². The molecule has 0 spiro atoms. The molecule has 0 unspecified atom stereocenters. The van der Waals surface area contributed by atoms with Crippen LogP contribution in [0.25, 0.3) is 0 Å². The molecule has 0 aromatic carbocycles. The lowest BCUT2D eigenvalue weighted by molar-refractivity contribution is -0.0153. The van der Waals surface area contributed by atoms with Crippen LogP contribution < -0.4 is 5.32 Å². The van der Waals surface area contributed by atoms with Crippen LogP contribution in [0.2, 0.25) is 0 Å². The van der Waals surface area contributed by atoms with Gasteiger partial charge in [-0.3, -0.25) is 0 Å². The Bertz CT molecular complexity index is 180. The predicted molar refractivity (Wildman–Crippen MR) is 71.8 cm³/mol. The molecule has 0 saturated heterocycles. The van der Waals surface area contributed by atoms with Crippen LogP contribution in [-0.2, 0) is 4.74 Å². The van der Waals surface area contributed by atoms with Crippen LogP contribution in [0.4, 0.5) is 0 Å². The SMILES string of the molecule is CC(C)CNCC(C)(C)CCOC(C)(C)C. The van der Waals surface area contributed by atoms with Crippen LogP contribution in [0.1, 0.15) is 54.9 Å². The number of hydrogen-bond donors (Lipinski definition) is 1. The monoisotopic (exact) mass is 229 g/mol. The average Bonchev–Trinajstić information content (AvgIpc) is 1.99. The van der Waals surface area contributed by atoms with E-state index in [9.17, 15) is 0 Å². The summed E-state index contributed by atoms with van der Waals surface area (Å²) in [5.41, 5.74) is 0.307. The molecule has 0 rings (SSSR count). The number of nitrogens with one attached hydrogen (secondary N) is 1. The highest BCUT2D eigenvalue weighted by atomic mass is 16.5. The molecule has 0 bridgehead atoms. The van der Waals surface area contributed by atoms with Gasteiger partial charge in [-0.2, -0.15) is 0 Å². The molecule has 0 aromatic heterocycles. The molecular weight excluding hydrogens is 198 g/mol. The molecule has 0 atom stereocenters. The Labute approximate surface area is 102 Å². The molecule has 0 aliphatic heterocycles. The Morgan fingerprint density at radius 2 is 1.62 bits per heavy atom. The minimum atomic E-state index is -0.0125. The lowest BCUT2D eigenvalue weighted by Crippen LogP contribution is -2.33. The van der Waals surface area contributed by atoms with Crippen molar-refractivity contribution in [2.24, 2.45) is 11.3 Å². The molecule has 0 saturated carbocycles. The van der Waals surface area contributed by atoms with Gasteiger partial charge < -0.3 is 10.1 Å². The van der Waals surface area contributed by atoms with Crippen molar-refractivity contribution in [3.63, 3.8) is 0 Å². The summed E-state index contributed by atoms with van der Waals surface area (Å²) in [6, 6.07) is 0. The summed E-state index contributed by atoms with van der Waals surface area (Å²) in [4.78, 5) is 0. The normalized spacial score (nSPS) is 13.5. The van der Waals surface area contributed by atoms with Crippen LogP contribution in [0.5, 0.6) is 0 Å². The fourth-order valence-corrected chi connectivity index (χ4v) is 1.42. The van der Waals surface area contributed by atoms with E-state index in [1.54, 1.807) is 0 Å². The third-order valence-corrected chi connectivity index (χ3v) is 2.47. The average molecular weight is 229 g/mol. The van der Waals surface area contributed by atoms with Gasteiger partial charge in [-0.1, -0.05) is 27.7 Å². The van der Waals surface area contributed by atoms with E-state index >= 15 is 0 Å². The van der Waals surface area contributed by atoms with E-state index in [-0.39, 0.29) is 5.60 Å². The maximum Gasteiger partial charge on any atom is 0.0598 e. The van der Waals surface area contributed by atoms with Crippen molar-refractivity contribution in [1.29, 1.82) is 0 Å². The van der Waals surface area contributed by atoms with E-state index in [1.807, 2.05) is 0 Å². The van der Waals surface area contributed by atoms with E-state index in [4.69, 9.17) is 4.74 Å². The second-order valence-electron chi connectivity index (χ2n) is 6.90. The molecule has 0 heterocycles. The molecule has 1 N–H and O–H groups in total. The molecule has 2 heteroatoms. The second kappa shape index (κ2) is 6.61. The first-order valence-corrected chi connectivity index (χ1v) is 6.47. The summed E-state index contributed by atoms with van der Waals surface area (Å²) in [7, 11) is 0. The second-order valence-corrected chi connectivity index (χ2v) is 6.90. The first-order chi connectivity index (χ1) is 7.12. The van der Waals surface area contributed by atoms with Crippen LogP contribution >= 0.6 is 0 Å². The molecule has 0 radical (unpaired) electrons. The first-order valence-electron chi connectivity index (χ1n) is 6.47. The highest BCUT2D eigenvalue weighted by Crippen LogP contribution is 2.20. The molecule has 0 amide bonds. The minimum absolute atomic E-state index is 0.0125. The van der Waals surface area contributed by atoms with E-state index in [1.165, 1.54) is 0 Å². The van der Waals surface area contributed by atoms with Gasteiger partial charge in [0.05, 0.1) is 5.60 Å².